The fraction of sp³-hybridized carbons (Fsp3) is 0.316. The maximum absolute atomic E-state index is 12.5. The number of amides is 2. The Morgan fingerprint density at radius 2 is 1.81 bits per heavy atom. The van der Waals surface area contributed by atoms with E-state index in [1.807, 2.05) is 12.1 Å². The minimum atomic E-state index is -0.367. The van der Waals surface area contributed by atoms with Crippen LogP contribution in [0.4, 0.5) is 5.82 Å². The first-order chi connectivity index (χ1) is 13.1. The number of nitrogens with zero attached hydrogens (tertiary/aromatic N) is 2. The number of aromatic nitrogens is 1. The van der Waals surface area contributed by atoms with Gasteiger partial charge >= 0.3 is 0 Å². The molecule has 3 rings (SSSR count). The lowest BCUT2D eigenvalue weighted by Crippen LogP contribution is -2.43. The molecular weight excluding hydrogens is 384 g/mol. The number of piperidine rings is 1. The summed E-state index contributed by atoms with van der Waals surface area (Å²) in [6, 6.07) is 10.7. The van der Waals surface area contributed by atoms with Crippen molar-refractivity contribution in [3.05, 3.63) is 53.2 Å². The molecule has 0 saturated carbocycles. The highest BCUT2D eigenvalue weighted by molar-refractivity contribution is 8.00. The Morgan fingerprint density at radius 1 is 1.07 bits per heavy atom. The van der Waals surface area contributed by atoms with Crippen molar-refractivity contribution in [3.8, 4) is 0 Å². The van der Waals surface area contributed by atoms with Gasteiger partial charge in [-0.3, -0.25) is 20.4 Å². The Balaban J connectivity index is 1.53. The highest BCUT2D eigenvalue weighted by Gasteiger charge is 2.19. The molecule has 1 aliphatic heterocycles. The van der Waals surface area contributed by atoms with E-state index in [0.29, 0.717) is 16.4 Å². The van der Waals surface area contributed by atoms with Gasteiger partial charge in [-0.05, 0) is 55.7 Å². The number of benzene rings is 1. The Morgan fingerprint density at radius 3 is 2.56 bits per heavy atom. The van der Waals surface area contributed by atoms with Crippen LogP contribution >= 0.6 is 23.4 Å². The van der Waals surface area contributed by atoms with Crippen LogP contribution in [0.15, 0.2) is 47.5 Å². The van der Waals surface area contributed by atoms with Crippen molar-refractivity contribution in [2.45, 2.75) is 24.2 Å². The molecule has 2 N–H and O–H groups in total. The summed E-state index contributed by atoms with van der Waals surface area (Å²) in [4.78, 5) is 31.9. The molecule has 0 radical (unpaired) electrons. The van der Waals surface area contributed by atoms with Crippen molar-refractivity contribution in [1.29, 1.82) is 0 Å². The Labute approximate surface area is 167 Å². The van der Waals surface area contributed by atoms with Crippen LogP contribution in [0.5, 0.6) is 0 Å². The smallest absolute Gasteiger partial charge is 0.273 e. The number of carbonyl (C=O) groups is 2. The molecule has 1 aliphatic rings. The van der Waals surface area contributed by atoms with Crippen molar-refractivity contribution in [3.63, 3.8) is 0 Å². The molecule has 1 saturated heterocycles. The van der Waals surface area contributed by atoms with E-state index in [4.69, 9.17) is 11.6 Å². The van der Waals surface area contributed by atoms with Gasteiger partial charge in [0.15, 0.2) is 0 Å². The normalized spacial score (nSPS) is 13.9. The van der Waals surface area contributed by atoms with E-state index in [1.54, 1.807) is 30.5 Å². The van der Waals surface area contributed by atoms with E-state index in [0.717, 1.165) is 30.8 Å². The standard InChI is InChI=1S/C19H21ClN4O2S/c20-14-6-8-15(9-7-14)27-13-17(25)22-23-19(26)16-5-4-10-21-18(16)24-11-2-1-3-12-24/h4-10H,1-3,11-13H2,(H,22,25)(H,23,26). The number of halogens is 1. The van der Waals surface area contributed by atoms with E-state index < -0.39 is 0 Å². The van der Waals surface area contributed by atoms with Crippen molar-refractivity contribution >= 4 is 41.0 Å². The third-order valence-corrected chi connectivity index (χ3v) is 5.45. The van der Waals surface area contributed by atoms with Crippen LogP contribution in [0.1, 0.15) is 29.6 Å². The van der Waals surface area contributed by atoms with E-state index in [-0.39, 0.29) is 17.6 Å². The molecule has 27 heavy (non-hydrogen) atoms. The molecule has 0 aliphatic carbocycles. The topological polar surface area (TPSA) is 74.3 Å². The summed E-state index contributed by atoms with van der Waals surface area (Å²) in [7, 11) is 0. The van der Waals surface area contributed by atoms with E-state index in [9.17, 15) is 9.59 Å². The van der Waals surface area contributed by atoms with Crippen molar-refractivity contribution < 1.29 is 9.59 Å². The van der Waals surface area contributed by atoms with Crippen LogP contribution in [0, 0.1) is 0 Å². The lowest BCUT2D eigenvalue weighted by atomic mass is 10.1. The van der Waals surface area contributed by atoms with Crippen molar-refractivity contribution in [2.24, 2.45) is 0 Å². The van der Waals surface area contributed by atoms with Crippen LogP contribution in [0.3, 0.4) is 0 Å². The first kappa shape index (κ1) is 19.5. The molecule has 0 atom stereocenters. The predicted octanol–water partition coefficient (Wildman–Crippen LogP) is 3.28. The molecule has 1 aromatic carbocycles. The lowest BCUT2D eigenvalue weighted by Gasteiger charge is -2.29. The van der Waals surface area contributed by atoms with Gasteiger partial charge < -0.3 is 4.90 Å². The van der Waals surface area contributed by atoms with Gasteiger partial charge in [0, 0.05) is 29.2 Å². The molecular formula is C19H21ClN4O2S. The summed E-state index contributed by atoms with van der Waals surface area (Å²) in [5.74, 6) is 0.202. The third kappa shape index (κ3) is 5.61. The molecule has 8 heteroatoms. The molecule has 2 heterocycles. The summed E-state index contributed by atoms with van der Waals surface area (Å²) in [5, 5.41) is 0.650. The van der Waals surface area contributed by atoms with Crippen molar-refractivity contribution in [2.75, 3.05) is 23.7 Å². The van der Waals surface area contributed by atoms with Crippen LogP contribution < -0.4 is 15.8 Å². The number of hydrogen-bond donors (Lipinski definition) is 2. The van der Waals surface area contributed by atoms with Gasteiger partial charge in [-0.15, -0.1) is 11.8 Å². The average molecular weight is 405 g/mol. The summed E-state index contributed by atoms with van der Waals surface area (Å²) in [5.41, 5.74) is 5.41. The van der Waals surface area contributed by atoms with Crippen LogP contribution in [0.25, 0.3) is 0 Å². The van der Waals surface area contributed by atoms with Crippen LogP contribution in [-0.2, 0) is 4.79 Å². The number of pyridine rings is 1. The molecule has 1 aromatic heterocycles. The number of hydrogen-bond acceptors (Lipinski definition) is 5. The molecule has 2 aromatic rings. The monoisotopic (exact) mass is 404 g/mol. The van der Waals surface area contributed by atoms with E-state index in [1.165, 1.54) is 18.2 Å². The van der Waals surface area contributed by atoms with E-state index in [2.05, 4.69) is 20.7 Å². The van der Waals surface area contributed by atoms with Gasteiger partial charge in [0.1, 0.15) is 5.82 Å². The number of nitrogens with one attached hydrogen (secondary N) is 2. The van der Waals surface area contributed by atoms with Gasteiger partial charge in [-0.1, -0.05) is 11.6 Å². The quantitative estimate of drug-likeness (QED) is 0.591. The van der Waals surface area contributed by atoms with Crippen molar-refractivity contribution in [1.82, 2.24) is 15.8 Å². The average Bonchev–Trinajstić information content (AvgIpc) is 2.72. The molecule has 142 valence electrons. The second kappa shape index (κ2) is 9.62. The van der Waals surface area contributed by atoms with Crippen LogP contribution in [0.2, 0.25) is 5.02 Å². The Hall–Kier alpha value is -2.25. The summed E-state index contributed by atoms with van der Waals surface area (Å²) in [6.07, 6.45) is 5.07. The summed E-state index contributed by atoms with van der Waals surface area (Å²) < 4.78 is 0. The Kier molecular flexibility index (Phi) is 6.95. The largest absolute Gasteiger partial charge is 0.356 e. The SMILES string of the molecule is O=C(CSc1ccc(Cl)cc1)NNC(=O)c1cccnc1N1CCCCC1. The van der Waals surface area contributed by atoms with Gasteiger partial charge in [0.2, 0.25) is 5.91 Å². The van der Waals surface area contributed by atoms with Gasteiger partial charge in [0.25, 0.3) is 5.91 Å². The number of thioether (sulfide) groups is 1. The highest BCUT2D eigenvalue weighted by atomic mass is 35.5. The minimum Gasteiger partial charge on any atom is -0.356 e. The molecule has 0 bridgehead atoms. The zero-order chi connectivity index (χ0) is 19.1. The van der Waals surface area contributed by atoms with Crippen LogP contribution in [-0.4, -0.2) is 35.6 Å². The second-order valence-corrected chi connectivity index (χ2v) is 7.65. The molecule has 1 fully saturated rings. The number of anilines is 1. The molecule has 2 amide bonds. The van der Waals surface area contributed by atoms with E-state index >= 15 is 0 Å². The van der Waals surface area contributed by atoms with Gasteiger partial charge in [-0.2, -0.15) is 0 Å². The number of hydrazine groups is 1. The third-order valence-electron chi connectivity index (χ3n) is 4.19. The first-order valence-electron chi connectivity index (χ1n) is 8.81. The molecule has 0 unspecified atom stereocenters. The summed E-state index contributed by atoms with van der Waals surface area (Å²) in [6.45, 7) is 1.78. The van der Waals surface area contributed by atoms with Gasteiger partial charge in [-0.25, -0.2) is 4.98 Å². The fourth-order valence-electron chi connectivity index (χ4n) is 2.84. The second-order valence-electron chi connectivity index (χ2n) is 6.17. The predicted molar refractivity (Wildman–Crippen MR) is 108 cm³/mol. The molecule has 6 nitrogen and oxygen atoms in total. The number of carbonyl (C=O) groups excluding carboxylic acids is 2. The zero-order valence-corrected chi connectivity index (χ0v) is 16.4. The maximum Gasteiger partial charge on any atom is 0.273 e. The Bertz CT molecular complexity index is 795. The first-order valence-corrected chi connectivity index (χ1v) is 10.2. The maximum atomic E-state index is 12.5. The zero-order valence-electron chi connectivity index (χ0n) is 14.8. The fourth-order valence-corrected chi connectivity index (χ4v) is 3.67. The van der Waals surface area contributed by atoms with Gasteiger partial charge in [0.05, 0.1) is 11.3 Å². The lowest BCUT2D eigenvalue weighted by molar-refractivity contribution is -0.119. The molecule has 0 spiro atoms. The minimum absolute atomic E-state index is 0.188. The summed E-state index contributed by atoms with van der Waals surface area (Å²) >= 11 is 7.21. The highest BCUT2D eigenvalue weighted by Crippen LogP contribution is 2.22. The number of rotatable bonds is 5.